The summed E-state index contributed by atoms with van der Waals surface area (Å²) in [5.41, 5.74) is 0.733. The van der Waals surface area contributed by atoms with Gasteiger partial charge in [-0.3, -0.25) is 9.52 Å². The number of carbonyl (C=O) groups is 1. The number of nitrogens with zero attached hydrogens (tertiary/aromatic N) is 2. The third-order valence-corrected chi connectivity index (χ3v) is 4.76. The van der Waals surface area contributed by atoms with Gasteiger partial charge in [-0.2, -0.15) is 5.10 Å². The van der Waals surface area contributed by atoms with Gasteiger partial charge in [0.25, 0.3) is 5.91 Å². The van der Waals surface area contributed by atoms with Crippen molar-refractivity contribution in [2.75, 3.05) is 15.8 Å². The molecule has 8 heteroatoms. The van der Waals surface area contributed by atoms with Gasteiger partial charge in [0.05, 0.1) is 11.9 Å². The Hall–Kier alpha value is -2.35. The van der Waals surface area contributed by atoms with Crippen LogP contribution < -0.4 is 10.0 Å². The van der Waals surface area contributed by atoms with Gasteiger partial charge < -0.3 is 5.32 Å². The number of hydrogen-bond donors (Lipinski definition) is 2. The van der Waals surface area contributed by atoms with Gasteiger partial charge in [0, 0.05) is 23.4 Å². The average molecular weight is 350 g/mol. The van der Waals surface area contributed by atoms with E-state index in [1.54, 1.807) is 42.1 Å². The molecule has 1 aromatic heterocycles. The molecular formula is C16H22N4O3S. The van der Waals surface area contributed by atoms with Crippen LogP contribution in [0.3, 0.4) is 0 Å². The molecule has 0 saturated carbocycles. The molecule has 0 bridgehead atoms. The van der Waals surface area contributed by atoms with Crippen molar-refractivity contribution in [3.8, 4) is 0 Å². The van der Waals surface area contributed by atoms with Crippen LogP contribution in [0, 0.1) is 0 Å². The van der Waals surface area contributed by atoms with Crippen LogP contribution in [0.4, 0.5) is 11.5 Å². The summed E-state index contributed by atoms with van der Waals surface area (Å²) in [6.45, 7) is 5.72. The summed E-state index contributed by atoms with van der Waals surface area (Å²) in [4.78, 5) is 12.4. The van der Waals surface area contributed by atoms with E-state index in [4.69, 9.17) is 0 Å². The van der Waals surface area contributed by atoms with Crippen LogP contribution in [0.5, 0.6) is 0 Å². The van der Waals surface area contributed by atoms with E-state index in [0.29, 0.717) is 23.5 Å². The number of nitrogens with one attached hydrogen (secondary N) is 2. The molecule has 1 heterocycles. The fraction of sp³-hybridized carbons (Fsp3) is 0.375. The van der Waals surface area contributed by atoms with Crippen LogP contribution in [0.25, 0.3) is 0 Å². The van der Waals surface area contributed by atoms with Crippen molar-refractivity contribution >= 4 is 27.4 Å². The van der Waals surface area contributed by atoms with Crippen LogP contribution in [0.15, 0.2) is 36.5 Å². The summed E-state index contributed by atoms with van der Waals surface area (Å²) in [5, 5.41) is 6.95. The van der Waals surface area contributed by atoms with E-state index in [2.05, 4.69) is 15.1 Å². The summed E-state index contributed by atoms with van der Waals surface area (Å²) in [6.07, 6.45) is 2.14. The van der Waals surface area contributed by atoms with Crippen LogP contribution in [0.1, 0.15) is 43.6 Å². The quantitative estimate of drug-likeness (QED) is 0.803. The van der Waals surface area contributed by atoms with Gasteiger partial charge in [-0.25, -0.2) is 13.1 Å². The molecule has 1 aromatic carbocycles. The molecule has 2 aromatic rings. The number of rotatable bonds is 7. The summed E-state index contributed by atoms with van der Waals surface area (Å²) in [6, 6.07) is 8.22. The molecule has 0 radical (unpaired) electrons. The van der Waals surface area contributed by atoms with Crippen molar-refractivity contribution in [2.24, 2.45) is 0 Å². The van der Waals surface area contributed by atoms with E-state index in [-0.39, 0.29) is 17.7 Å². The lowest BCUT2D eigenvalue weighted by atomic mass is 10.2. The highest BCUT2D eigenvalue weighted by molar-refractivity contribution is 7.92. The summed E-state index contributed by atoms with van der Waals surface area (Å²) < 4.78 is 27.8. The molecule has 24 heavy (non-hydrogen) atoms. The summed E-state index contributed by atoms with van der Waals surface area (Å²) >= 11 is 0. The topological polar surface area (TPSA) is 93.1 Å². The number of sulfonamides is 1. The lowest BCUT2D eigenvalue weighted by Gasteiger charge is -2.12. The molecule has 130 valence electrons. The second-order valence-electron chi connectivity index (χ2n) is 5.71. The Labute approximate surface area is 142 Å². The highest BCUT2D eigenvalue weighted by Crippen LogP contribution is 2.17. The Balaban J connectivity index is 2.16. The fourth-order valence-corrected chi connectivity index (χ4v) is 3.36. The minimum Gasteiger partial charge on any atom is -0.307 e. The Bertz CT molecular complexity index is 812. The van der Waals surface area contributed by atoms with Crippen LogP contribution >= 0.6 is 0 Å². The molecule has 0 unspecified atom stereocenters. The van der Waals surface area contributed by atoms with Crippen LogP contribution in [0.2, 0.25) is 0 Å². The molecule has 2 rings (SSSR count). The van der Waals surface area contributed by atoms with Crippen molar-refractivity contribution in [3.63, 3.8) is 0 Å². The Morgan fingerprint density at radius 1 is 1.29 bits per heavy atom. The molecule has 2 N–H and O–H groups in total. The smallest absolute Gasteiger partial charge is 0.256 e. The van der Waals surface area contributed by atoms with Crippen molar-refractivity contribution in [2.45, 2.75) is 33.2 Å². The molecule has 1 amide bonds. The molecule has 0 spiro atoms. The number of amides is 1. The van der Waals surface area contributed by atoms with E-state index >= 15 is 0 Å². The van der Waals surface area contributed by atoms with E-state index < -0.39 is 10.0 Å². The van der Waals surface area contributed by atoms with Crippen molar-refractivity contribution < 1.29 is 13.2 Å². The van der Waals surface area contributed by atoms with Gasteiger partial charge in [0.15, 0.2) is 0 Å². The Kier molecular flexibility index (Phi) is 5.61. The Morgan fingerprint density at radius 2 is 2.04 bits per heavy atom. The number of benzene rings is 1. The number of aromatic nitrogens is 2. The number of hydrogen-bond acceptors (Lipinski definition) is 4. The van der Waals surface area contributed by atoms with E-state index in [0.717, 1.165) is 0 Å². The van der Waals surface area contributed by atoms with Gasteiger partial charge in [-0.15, -0.1) is 0 Å². The molecular weight excluding hydrogens is 328 g/mol. The average Bonchev–Trinajstić information content (AvgIpc) is 2.95. The predicted octanol–water partition coefficient (Wildman–Crippen LogP) is 2.87. The second kappa shape index (κ2) is 7.48. The largest absolute Gasteiger partial charge is 0.307 e. The zero-order valence-corrected chi connectivity index (χ0v) is 14.8. The first-order chi connectivity index (χ1) is 11.3. The maximum atomic E-state index is 12.4. The van der Waals surface area contributed by atoms with Gasteiger partial charge in [-0.1, -0.05) is 13.0 Å². The van der Waals surface area contributed by atoms with Gasteiger partial charge in [0.2, 0.25) is 10.0 Å². The minimum absolute atomic E-state index is 0.0387. The molecule has 0 aliphatic heterocycles. The zero-order chi connectivity index (χ0) is 17.7. The molecule has 7 nitrogen and oxygen atoms in total. The monoisotopic (exact) mass is 350 g/mol. The third kappa shape index (κ3) is 4.58. The highest BCUT2D eigenvalue weighted by atomic mass is 32.2. The molecule has 0 aliphatic carbocycles. The van der Waals surface area contributed by atoms with Crippen molar-refractivity contribution in [1.29, 1.82) is 0 Å². The SMILES string of the molecule is CCCS(=O)(=O)Nc1cccc(C(=O)Nc2ccnn2C(C)C)c1. The van der Waals surface area contributed by atoms with Crippen LogP contribution in [-0.4, -0.2) is 29.9 Å². The minimum atomic E-state index is -3.39. The Morgan fingerprint density at radius 3 is 2.71 bits per heavy atom. The van der Waals surface area contributed by atoms with Gasteiger partial charge in [-0.05, 0) is 38.5 Å². The number of carbonyl (C=O) groups excluding carboxylic acids is 1. The van der Waals surface area contributed by atoms with Gasteiger partial charge >= 0.3 is 0 Å². The molecule has 0 atom stereocenters. The first-order valence-corrected chi connectivity index (χ1v) is 9.43. The number of anilines is 2. The maximum Gasteiger partial charge on any atom is 0.256 e. The predicted molar refractivity (Wildman–Crippen MR) is 94.7 cm³/mol. The van der Waals surface area contributed by atoms with Gasteiger partial charge in [0.1, 0.15) is 5.82 Å². The fourth-order valence-electron chi connectivity index (χ4n) is 2.24. The second-order valence-corrected chi connectivity index (χ2v) is 7.55. The van der Waals surface area contributed by atoms with E-state index in [9.17, 15) is 13.2 Å². The standard InChI is InChI=1S/C16H22N4O3S/c1-4-10-24(22,23)19-14-7-5-6-13(11-14)16(21)18-15-8-9-17-20(15)12(2)3/h5-9,11-12,19H,4,10H2,1-3H3,(H,18,21). The summed E-state index contributed by atoms with van der Waals surface area (Å²) in [7, 11) is -3.39. The lowest BCUT2D eigenvalue weighted by molar-refractivity contribution is 0.102. The third-order valence-electron chi connectivity index (χ3n) is 3.27. The zero-order valence-electron chi connectivity index (χ0n) is 14.0. The molecule has 0 aliphatic rings. The van der Waals surface area contributed by atoms with Crippen molar-refractivity contribution in [3.05, 3.63) is 42.1 Å². The first-order valence-electron chi connectivity index (χ1n) is 7.78. The van der Waals surface area contributed by atoms with E-state index in [1.807, 2.05) is 13.8 Å². The summed E-state index contributed by atoms with van der Waals surface area (Å²) in [5.74, 6) is 0.303. The maximum absolute atomic E-state index is 12.4. The first kappa shape index (κ1) is 18.0. The molecule has 0 saturated heterocycles. The highest BCUT2D eigenvalue weighted by Gasteiger charge is 2.13. The lowest BCUT2D eigenvalue weighted by Crippen LogP contribution is -2.18. The molecule has 0 fully saturated rings. The normalized spacial score (nSPS) is 11.5. The van der Waals surface area contributed by atoms with Crippen LogP contribution in [-0.2, 0) is 10.0 Å². The van der Waals surface area contributed by atoms with E-state index in [1.165, 1.54) is 6.07 Å². The van der Waals surface area contributed by atoms with Crippen molar-refractivity contribution in [1.82, 2.24) is 9.78 Å².